The van der Waals surface area contributed by atoms with Crippen LogP contribution in [0.15, 0.2) is 121 Å². The quantitative estimate of drug-likeness (QED) is 0.162. The van der Waals surface area contributed by atoms with Crippen molar-refractivity contribution in [2.24, 2.45) is 23.7 Å². The number of ether oxygens (including phenoxy) is 1. The van der Waals surface area contributed by atoms with E-state index in [2.05, 4.69) is 145 Å². The second kappa shape index (κ2) is 15.9. The fraction of sp³-hybridized carbons (Fsp3) is 0.429. The molecule has 2 saturated heterocycles. The van der Waals surface area contributed by atoms with Gasteiger partial charge in [0.15, 0.2) is 0 Å². The first-order valence-corrected chi connectivity index (χ1v) is 17.3. The SMILES string of the molecule is CN1CCC(C(COCC(C2CCN(C)CC2)C(c2ccccc2)c2ccccc2)C(c2ccccc2)c2ccccc2)CC1. The molecule has 2 fully saturated rings. The van der Waals surface area contributed by atoms with Gasteiger partial charge in [0, 0.05) is 11.8 Å². The Labute approximate surface area is 272 Å². The smallest absolute Gasteiger partial charge is 0.0506 e. The molecular weight excluding hydrogens is 548 g/mol. The first-order chi connectivity index (χ1) is 22.2. The molecule has 0 amide bonds. The zero-order valence-electron chi connectivity index (χ0n) is 27.4. The molecular formula is C42H52N2O. The maximum absolute atomic E-state index is 7.14. The molecule has 0 radical (unpaired) electrons. The van der Waals surface area contributed by atoms with E-state index in [-0.39, 0.29) is 0 Å². The third-order valence-corrected chi connectivity index (χ3v) is 10.8. The summed E-state index contributed by atoms with van der Waals surface area (Å²) in [6.07, 6.45) is 4.93. The topological polar surface area (TPSA) is 15.7 Å². The molecule has 2 aliphatic rings. The number of rotatable bonds is 12. The van der Waals surface area contributed by atoms with Crippen LogP contribution in [0.5, 0.6) is 0 Å². The van der Waals surface area contributed by atoms with Gasteiger partial charge in [0.1, 0.15) is 0 Å². The van der Waals surface area contributed by atoms with Gasteiger partial charge in [0.2, 0.25) is 0 Å². The van der Waals surface area contributed by atoms with Crippen molar-refractivity contribution in [3.8, 4) is 0 Å². The van der Waals surface area contributed by atoms with E-state index in [1.165, 1.54) is 74.1 Å². The Balaban J connectivity index is 1.32. The molecule has 236 valence electrons. The Morgan fingerprint density at radius 3 is 1.00 bits per heavy atom. The number of hydrogen-bond acceptors (Lipinski definition) is 3. The summed E-state index contributed by atoms with van der Waals surface area (Å²) in [6.45, 7) is 6.25. The molecule has 0 saturated carbocycles. The first-order valence-electron chi connectivity index (χ1n) is 17.3. The molecule has 0 N–H and O–H groups in total. The Morgan fingerprint density at radius 1 is 0.467 bits per heavy atom. The lowest BCUT2D eigenvalue weighted by molar-refractivity contribution is 0.0102. The summed E-state index contributed by atoms with van der Waals surface area (Å²) in [5, 5.41) is 0. The molecule has 0 aliphatic carbocycles. The highest BCUT2D eigenvalue weighted by Crippen LogP contribution is 2.43. The van der Waals surface area contributed by atoms with Gasteiger partial charge < -0.3 is 14.5 Å². The Bertz CT molecular complexity index is 1190. The van der Waals surface area contributed by atoms with Crippen molar-refractivity contribution in [3.63, 3.8) is 0 Å². The van der Waals surface area contributed by atoms with Crippen molar-refractivity contribution < 1.29 is 4.74 Å². The monoisotopic (exact) mass is 600 g/mol. The number of hydrogen-bond donors (Lipinski definition) is 0. The van der Waals surface area contributed by atoms with Crippen molar-refractivity contribution in [1.82, 2.24) is 9.80 Å². The highest BCUT2D eigenvalue weighted by atomic mass is 16.5. The Hall–Kier alpha value is -3.24. The van der Waals surface area contributed by atoms with Crippen LogP contribution in [0.3, 0.4) is 0 Å². The fourth-order valence-corrected chi connectivity index (χ4v) is 8.28. The van der Waals surface area contributed by atoms with Crippen LogP contribution in [0, 0.1) is 23.7 Å². The van der Waals surface area contributed by atoms with Crippen LogP contribution in [0.1, 0.15) is 59.8 Å². The first kappa shape index (κ1) is 31.7. The molecule has 0 spiro atoms. The molecule has 2 atom stereocenters. The average Bonchev–Trinajstić information content (AvgIpc) is 3.10. The van der Waals surface area contributed by atoms with Gasteiger partial charge in [-0.1, -0.05) is 121 Å². The van der Waals surface area contributed by atoms with Crippen LogP contribution in [0.2, 0.25) is 0 Å². The molecule has 3 heteroatoms. The van der Waals surface area contributed by atoms with Crippen LogP contribution >= 0.6 is 0 Å². The van der Waals surface area contributed by atoms with E-state index in [0.29, 0.717) is 35.5 Å². The van der Waals surface area contributed by atoms with Gasteiger partial charge in [-0.25, -0.2) is 0 Å². The zero-order chi connectivity index (χ0) is 30.8. The maximum Gasteiger partial charge on any atom is 0.0506 e. The van der Waals surface area contributed by atoms with Crippen LogP contribution in [0.25, 0.3) is 0 Å². The third-order valence-electron chi connectivity index (χ3n) is 10.8. The average molecular weight is 601 g/mol. The number of nitrogens with zero attached hydrogens (tertiary/aromatic N) is 2. The second-order valence-electron chi connectivity index (χ2n) is 13.7. The molecule has 4 aromatic carbocycles. The van der Waals surface area contributed by atoms with Gasteiger partial charge in [0.25, 0.3) is 0 Å². The predicted octanol–water partition coefficient (Wildman–Crippen LogP) is 8.58. The van der Waals surface area contributed by atoms with E-state index in [1.54, 1.807) is 0 Å². The largest absolute Gasteiger partial charge is 0.381 e. The van der Waals surface area contributed by atoms with Crippen molar-refractivity contribution in [2.45, 2.75) is 37.5 Å². The lowest BCUT2D eigenvalue weighted by Crippen LogP contribution is -2.39. The van der Waals surface area contributed by atoms with Crippen molar-refractivity contribution in [1.29, 1.82) is 0 Å². The minimum Gasteiger partial charge on any atom is -0.381 e. The third kappa shape index (κ3) is 8.14. The highest BCUT2D eigenvalue weighted by molar-refractivity contribution is 5.35. The van der Waals surface area contributed by atoms with Gasteiger partial charge in [0.05, 0.1) is 13.2 Å². The second-order valence-corrected chi connectivity index (χ2v) is 13.7. The van der Waals surface area contributed by atoms with E-state index >= 15 is 0 Å². The summed E-state index contributed by atoms with van der Waals surface area (Å²) in [5.74, 6) is 2.75. The van der Waals surface area contributed by atoms with Crippen LogP contribution < -0.4 is 0 Å². The van der Waals surface area contributed by atoms with E-state index < -0.39 is 0 Å². The summed E-state index contributed by atoms with van der Waals surface area (Å²) in [6, 6.07) is 44.9. The molecule has 0 bridgehead atoms. The summed E-state index contributed by atoms with van der Waals surface area (Å²) in [4.78, 5) is 4.99. The lowest BCUT2D eigenvalue weighted by atomic mass is 9.71. The van der Waals surface area contributed by atoms with Gasteiger partial charge in [-0.05, 0) is 112 Å². The van der Waals surface area contributed by atoms with Crippen LogP contribution in [-0.4, -0.2) is 63.3 Å². The van der Waals surface area contributed by atoms with Gasteiger partial charge in [-0.2, -0.15) is 0 Å². The summed E-state index contributed by atoms with van der Waals surface area (Å²) < 4.78 is 7.14. The van der Waals surface area contributed by atoms with Gasteiger partial charge in [-0.15, -0.1) is 0 Å². The molecule has 4 aromatic rings. The summed E-state index contributed by atoms with van der Waals surface area (Å²) in [5.41, 5.74) is 5.65. The minimum atomic E-state index is 0.321. The Morgan fingerprint density at radius 2 is 0.733 bits per heavy atom. The maximum atomic E-state index is 7.14. The summed E-state index contributed by atoms with van der Waals surface area (Å²) in [7, 11) is 4.54. The van der Waals surface area contributed by atoms with E-state index in [9.17, 15) is 0 Å². The molecule has 2 heterocycles. The van der Waals surface area contributed by atoms with E-state index in [0.717, 1.165) is 13.2 Å². The van der Waals surface area contributed by atoms with Crippen LogP contribution in [-0.2, 0) is 4.74 Å². The van der Waals surface area contributed by atoms with Gasteiger partial charge >= 0.3 is 0 Å². The molecule has 3 nitrogen and oxygen atoms in total. The lowest BCUT2D eigenvalue weighted by Gasteiger charge is -2.41. The highest BCUT2D eigenvalue weighted by Gasteiger charge is 2.37. The predicted molar refractivity (Wildman–Crippen MR) is 188 cm³/mol. The van der Waals surface area contributed by atoms with E-state index in [1.807, 2.05) is 0 Å². The molecule has 0 aromatic heterocycles. The van der Waals surface area contributed by atoms with Crippen molar-refractivity contribution in [3.05, 3.63) is 144 Å². The van der Waals surface area contributed by atoms with Gasteiger partial charge in [-0.3, -0.25) is 0 Å². The van der Waals surface area contributed by atoms with Crippen LogP contribution in [0.4, 0.5) is 0 Å². The number of likely N-dealkylation sites (tertiary alicyclic amines) is 2. The van der Waals surface area contributed by atoms with Crippen molar-refractivity contribution >= 4 is 0 Å². The minimum absolute atomic E-state index is 0.321. The molecule has 6 rings (SSSR count). The summed E-state index contributed by atoms with van der Waals surface area (Å²) >= 11 is 0. The molecule has 2 aliphatic heterocycles. The zero-order valence-corrected chi connectivity index (χ0v) is 27.4. The molecule has 2 unspecified atom stereocenters. The van der Waals surface area contributed by atoms with Crippen molar-refractivity contribution in [2.75, 3.05) is 53.5 Å². The number of piperidine rings is 2. The normalized spacial score (nSPS) is 18.8. The van der Waals surface area contributed by atoms with E-state index in [4.69, 9.17) is 4.74 Å². The standard InChI is InChI=1S/C42H52N2O/c1-43-27-23-33(24-28-43)39(41(35-15-7-3-8-16-35)36-17-9-4-10-18-36)31-45-32-40(34-25-29-44(2)30-26-34)42(37-19-11-5-12-20-37)38-21-13-6-14-22-38/h3-22,33-34,39-42H,23-32H2,1-2H3. The molecule has 45 heavy (non-hydrogen) atoms. The fourth-order valence-electron chi connectivity index (χ4n) is 8.28. The Kier molecular flexibility index (Phi) is 11.2. The number of benzene rings is 4.